The summed E-state index contributed by atoms with van der Waals surface area (Å²) >= 11 is 0. The van der Waals surface area contributed by atoms with Gasteiger partial charge in [0.1, 0.15) is 11.6 Å². The Kier molecular flexibility index (Phi) is 4.50. The van der Waals surface area contributed by atoms with E-state index in [9.17, 15) is 9.18 Å². The fourth-order valence-corrected chi connectivity index (χ4v) is 3.29. The van der Waals surface area contributed by atoms with E-state index in [1.165, 1.54) is 6.07 Å². The lowest BCUT2D eigenvalue weighted by Crippen LogP contribution is -2.31. The monoisotopic (exact) mass is 366 g/mol. The zero-order chi connectivity index (χ0) is 18.8. The van der Waals surface area contributed by atoms with Crippen molar-refractivity contribution >= 4 is 11.7 Å². The van der Waals surface area contributed by atoms with Crippen molar-refractivity contribution in [2.75, 3.05) is 25.1 Å². The molecule has 1 fully saturated rings. The summed E-state index contributed by atoms with van der Waals surface area (Å²) in [6.45, 7) is 1.34. The summed E-state index contributed by atoms with van der Waals surface area (Å²) in [4.78, 5) is 16.1. The number of urea groups is 1. The summed E-state index contributed by atoms with van der Waals surface area (Å²) in [7, 11) is 1.60. The van der Waals surface area contributed by atoms with Crippen LogP contribution in [0.5, 0.6) is 5.75 Å². The lowest BCUT2D eigenvalue weighted by atomic mass is 10.1. The van der Waals surface area contributed by atoms with Gasteiger partial charge in [-0.1, -0.05) is 18.2 Å². The van der Waals surface area contributed by atoms with Gasteiger partial charge in [0.25, 0.3) is 0 Å². The number of carbonyl (C=O) groups excluding carboxylic acids is 1. The molecule has 0 saturated carbocycles. The van der Waals surface area contributed by atoms with E-state index in [0.29, 0.717) is 24.4 Å². The predicted molar refractivity (Wildman–Crippen MR) is 100 cm³/mol. The van der Waals surface area contributed by atoms with Gasteiger partial charge in [-0.25, -0.2) is 9.18 Å². The van der Waals surface area contributed by atoms with Crippen LogP contribution in [0.4, 0.5) is 14.9 Å². The van der Waals surface area contributed by atoms with Crippen LogP contribution in [0.1, 0.15) is 5.56 Å². The number of benzene rings is 2. The maximum atomic E-state index is 13.9. The minimum Gasteiger partial charge on any atom is -0.496 e. The van der Waals surface area contributed by atoms with Crippen LogP contribution >= 0.6 is 0 Å². The van der Waals surface area contributed by atoms with Crippen molar-refractivity contribution in [3.8, 4) is 16.9 Å². The quantitative estimate of drug-likeness (QED) is 0.749. The van der Waals surface area contributed by atoms with Gasteiger partial charge in [0.15, 0.2) is 0 Å². The van der Waals surface area contributed by atoms with Gasteiger partial charge < -0.3 is 9.64 Å². The van der Waals surface area contributed by atoms with Gasteiger partial charge in [0.2, 0.25) is 0 Å². The standard InChI is InChI=1S/C20H19FN4O2/c1-27-19-10-16(6-7-17(19)15-11-22-23-12-15)25-9-8-24(20(25)26)13-14-4-2-3-5-18(14)21/h2-7,10-12H,8-9,13H2,1H3,(H,22,23). The van der Waals surface area contributed by atoms with E-state index in [4.69, 9.17) is 4.74 Å². The van der Waals surface area contributed by atoms with E-state index in [2.05, 4.69) is 10.2 Å². The minimum absolute atomic E-state index is 0.142. The minimum atomic E-state index is -0.296. The molecule has 0 spiro atoms. The summed E-state index contributed by atoms with van der Waals surface area (Å²) in [6.07, 6.45) is 3.50. The number of hydrogen-bond acceptors (Lipinski definition) is 3. The SMILES string of the molecule is COc1cc(N2CCN(Cc3ccccc3F)C2=O)ccc1-c1cn[nH]c1. The van der Waals surface area contributed by atoms with Crippen molar-refractivity contribution in [1.29, 1.82) is 0 Å². The van der Waals surface area contributed by atoms with Gasteiger partial charge in [-0.15, -0.1) is 0 Å². The third-order valence-electron chi connectivity index (χ3n) is 4.72. The van der Waals surface area contributed by atoms with Gasteiger partial charge in [-0.2, -0.15) is 5.10 Å². The summed E-state index contributed by atoms with van der Waals surface area (Å²) in [6, 6.07) is 12.0. The number of amides is 2. The van der Waals surface area contributed by atoms with Crippen LogP contribution in [-0.2, 0) is 6.54 Å². The maximum Gasteiger partial charge on any atom is 0.324 e. The lowest BCUT2D eigenvalue weighted by Gasteiger charge is -2.20. The fourth-order valence-electron chi connectivity index (χ4n) is 3.29. The second-order valence-electron chi connectivity index (χ2n) is 6.32. The van der Waals surface area contributed by atoms with Crippen LogP contribution in [-0.4, -0.2) is 41.3 Å². The molecule has 1 aliphatic heterocycles. The molecule has 1 saturated heterocycles. The Morgan fingerprint density at radius 3 is 2.81 bits per heavy atom. The fraction of sp³-hybridized carbons (Fsp3) is 0.200. The lowest BCUT2D eigenvalue weighted by molar-refractivity contribution is 0.218. The summed E-state index contributed by atoms with van der Waals surface area (Å²) in [5.74, 6) is 0.365. The highest BCUT2D eigenvalue weighted by atomic mass is 19.1. The third kappa shape index (κ3) is 3.23. The zero-order valence-electron chi connectivity index (χ0n) is 14.9. The third-order valence-corrected chi connectivity index (χ3v) is 4.72. The molecule has 0 atom stereocenters. The van der Waals surface area contributed by atoms with E-state index < -0.39 is 0 Å². The topological polar surface area (TPSA) is 61.5 Å². The molecule has 0 bridgehead atoms. The molecule has 2 amide bonds. The van der Waals surface area contributed by atoms with Crippen molar-refractivity contribution < 1.29 is 13.9 Å². The highest BCUT2D eigenvalue weighted by Gasteiger charge is 2.30. The first-order valence-corrected chi connectivity index (χ1v) is 8.64. The predicted octanol–water partition coefficient (Wildman–Crippen LogP) is 3.67. The molecule has 27 heavy (non-hydrogen) atoms. The largest absolute Gasteiger partial charge is 0.496 e. The molecule has 4 rings (SSSR count). The Morgan fingerprint density at radius 2 is 2.07 bits per heavy atom. The summed E-state index contributed by atoms with van der Waals surface area (Å²) in [5.41, 5.74) is 3.07. The first-order chi connectivity index (χ1) is 13.2. The number of rotatable bonds is 5. The van der Waals surface area contributed by atoms with E-state index in [-0.39, 0.29) is 18.4 Å². The molecule has 3 aromatic rings. The molecule has 7 heteroatoms. The van der Waals surface area contributed by atoms with E-state index in [1.807, 2.05) is 18.2 Å². The number of methoxy groups -OCH3 is 1. The van der Waals surface area contributed by atoms with Crippen molar-refractivity contribution in [3.05, 3.63) is 66.2 Å². The zero-order valence-corrected chi connectivity index (χ0v) is 14.9. The molecule has 0 unspecified atom stereocenters. The molecule has 0 aliphatic carbocycles. The molecular weight excluding hydrogens is 347 g/mol. The van der Waals surface area contributed by atoms with Gasteiger partial charge in [0.05, 0.1) is 19.9 Å². The van der Waals surface area contributed by atoms with Crippen LogP contribution in [0.3, 0.4) is 0 Å². The van der Waals surface area contributed by atoms with Crippen LogP contribution in [0.2, 0.25) is 0 Å². The molecule has 1 aromatic heterocycles. The number of carbonyl (C=O) groups is 1. The normalized spacial score (nSPS) is 14.1. The van der Waals surface area contributed by atoms with Crippen LogP contribution < -0.4 is 9.64 Å². The Labute approximate surface area is 156 Å². The van der Waals surface area contributed by atoms with Crippen molar-refractivity contribution in [2.24, 2.45) is 0 Å². The van der Waals surface area contributed by atoms with Crippen LogP contribution in [0.25, 0.3) is 11.1 Å². The number of nitrogens with one attached hydrogen (secondary N) is 1. The smallest absolute Gasteiger partial charge is 0.324 e. The number of ether oxygens (including phenoxy) is 1. The van der Waals surface area contributed by atoms with Crippen molar-refractivity contribution in [2.45, 2.75) is 6.54 Å². The molecule has 2 heterocycles. The number of nitrogens with zero attached hydrogens (tertiary/aromatic N) is 3. The summed E-state index contributed by atoms with van der Waals surface area (Å²) < 4.78 is 19.4. The molecule has 138 valence electrons. The highest BCUT2D eigenvalue weighted by molar-refractivity contribution is 5.95. The van der Waals surface area contributed by atoms with E-state index in [1.54, 1.807) is 47.5 Å². The number of aromatic nitrogens is 2. The van der Waals surface area contributed by atoms with Gasteiger partial charge in [0, 0.05) is 47.7 Å². The van der Waals surface area contributed by atoms with Gasteiger partial charge in [-0.3, -0.25) is 10.00 Å². The van der Waals surface area contributed by atoms with E-state index in [0.717, 1.165) is 16.8 Å². The van der Waals surface area contributed by atoms with Crippen molar-refractivity contribution in [1.82, 2.24) is 15.1 Å². The molecular formula is C20H19FN4O2. The first kappa shape index (κ1) is 17.1. The van der Waals surface area contributed by atoms with Crippen LogP contribution in [0, 0.1) is 5.82 Å². The molecule has 1 aliphatic rings. The van der Waals surface area contributed by atoms with E-state index >= 15 is 0 Å². The average Bonchev–Trinajstić information content (AvgIpc) is 3.34. The number of H-pyrrole nitrogens is 1. The molecule has 1 N–H and O–H groups in total. The Balaban J connectivity index is 1.56. The second-order valence-corrected chi connectivity index (χ2v) is 6.32. The Morgan fingerprint density at radius 1 is 1.22 bits per heavy atom. The maximum absolute atomic E-state index is 13.9. The van der Waals surface area contributed by atoms with Gasteiger partial charge in [-0.05, 0) is 18.2 Å². The summed E-state index contributed by atoms with van der Waals surface area (Å²) in [5, 5.41) is 6.74. The van der Waals surface area contributed by atoms with Gasteiger partial charge >= 0.3 is 6.03 Å². The number of anilines is 1. The first-order valence-electron chi connectivity index (χ1n) is 8.64. The second kappa shape index (κ2) is 7.11. The highest BCUT2D eigenvalue weighted by Crippen LogP contribution is 2.34. The molecule has 2 aromatic carbocycles. The van der Waals surface area contributed by atoms with Crippen LogP contribution in [0.15, 0.2) is 54.9 Å². The number of halogens is 1. The van der Waals surface area contributed by atoms with Crippen molar-refractivity contribution in [3.63, 3.8) is 0 Å². The Bertz CT molecular complexity index is 958. The molecule has 0 radical (unpaired) electrons. The Hall–Kier alpha value is -3.35. The number of hydrogen-bond donors (Lipinski definition) is 1. The number of aromatic amines is 1. The molecule has 6 nitrogen and oxygen atoms in total. The average molecular weight is 366 g/mol.